The minimum atomic E-state index is 0.197. The molecule has 0 aliphatic rings. The molecule has 0 N–H and O–H groups in total. The SMILES string of the molecule is CC(C)N(C(=O)CN(C)Cc1ccc(Br)s1)C(C)C. The van der Waals surface area contributed by atoms with Crippen LogP contribution in [0.25, 0.3) is 0 Å². The number of amides is 1. The van der Waals surface area contributed by atoms with E-state index < -0.39 is 0 Å². The van der Waals surface area contributed by atoms with Gasteiger partial charge in [0.2, 0.25) is 5.91 Å². The van der Waals surface area contributed by atoms with Crippen molar-refractivity contribution in [1.29, 1.82) is 0 Å². The van der Waals surface area contributed by atoms with Crippen molar-refractivity contribution in [3.05, 3.63) is 20.8 Å². The highest BCUT2D eigenvalue weighted by atomic mass is 79.9. The fourth-order valence-electron chi connectivity index (χ4n) is 2.24. The van der Waals surface area contributed by atoms with Crippen molar-refractivity contribution < 1.29 is 4.79 Å². The Kier molecular flexibility index (Phi) is 6.50. The van der Waals surface area contributed by atoms with E-state index in [0.717, 1.165) is 10.3 Å². The van der Waals surface area contributed by atoms with Gasteiger partial charge in [-0.05, 0) is 62.8 Å². The zero-order valence-electron chi connectivity index (χ0n) is 12.3. The summed E-state index contributed by atoms with van der Waals surface area (Å²) in [6.45, 7) is 9.53. The summed E-state index contributed by atoms with van der Waals surface area (Å²) in [4.78, 5) is 17.6. The average molecular weight is 347 g/mol. The predicted octanol–water partition coefficient (Wildman–Crippen LogP) is 3.59. The van der Waals surface area contributed by atoms with E-state index in [0.29, 0.717) is 6.54 Å². The Hall–Kier alpha value is -0.390. The van der Waals surface area contributed by atoms with Gasteiger partial charge in [-0.1, -0.05) is 0 Å². The first kappa shape index (κ1) is 16.7. The lowest BCUT2D eigenvalue weighted by Crippen LogP contribution is -2.46. The van der Waals surface area contributed by atoms with E-state index in [-0.39, 0.29) is 18.0 Å². The van der Waals surface area contributed by atoms with Crippen LogP contribution in [0.15, 0.2) is 15.9 Å². The van der Waals surface area contributed by atoms with Crippen LogP contribution < -0.4 is 0 Å². The van der Waals surface area contributed by atoms with Crippen molar-refractivity contribution in [2.75, 3.05) is 13.6 Å². The van der Waals surface area contributed by atoms with Crippen LogP contribution in [0, 0.1) is 0 Å². The van der Waals surface area contributed by atoms with E-state index in [1.54, 1.807) is 11.3 Å². The van der Waals surface area contributed by atoms with Gasteiger partial charge in [-0.25, -0.2) is 0 Å². The first-order chi connectivity index (χ1) is 8.81. The van der Waals surface area contributed by atoms with E-state index in [1.165, 1.54) is 4.88 Å². The number of carbonyl (C=O) groups is 1. The molecule has 0 saturated carbocycles. The Labute approximate surface area is 128 Å². The fraction of sp³-hybridized carbons (Fsp3) is 0.643. The molecule has 1 heterocycles. The lowest BCUT2D eigenvalue weighted by atomic mass is 10.2. The molecule has 0 unspecified atom stereocenters. The Morgan fingerprint density at radius 2 is 1.84 bits per heavy atom. The molecule has 19 heavy (non-hydrogen) atoms. The minimum Gasteiger partial charge on any atom is -0.337 e. The summed E-state index contributed by atoms with van der Waals surface area (Å²) < 4.78 is 1.13. The molecule has 3 nitrogen and oxygen atoms in total. The number of thiophene rings is 1. The van der Waals surface area contributed by atoms with Crippen molar-refractivity contribution in [2.45, 2.75) is 46.3 Å². The second-order valence-electron chi connectivity index (χ2n) is 5.37. The molecule has 1 aromatic heterocycles. The number of rotatable bonds is 6. The first-order valence-electron chi connectivity index (χ1n) is 6.55. The molecule has 0 aliphatic heterocycles. The quantitative estimate of drug-likeness (QED) is 0.785. The van der Waals surface area contributed by atoms with Crippen LogP contribution in [0.3, 0.4) is 0 Å². The van der Waals surface area contributed by atoms with Crippen LogP contribution in [0.2, 0.25) is 0 Å². The minimum absolute atomic E-state index is 0.197. The maximum absolute atomic E-state index is 12.3. The van der Waals surface area contributed by atoms with E-state index in [2.05, 4.69) is 54.6 Å². The summed E-state index contributed by atoms with van der Waals surface area (Å²) in [6.07, 6.45) is 0. The normalized spacial score (nSPS) is 11.6. The second kappa shape index (κ2) is 7.41. The highest BCUT2D eigenvalue weighted by Crippen LogP contribution is 2.23. The third-order valence-corrected chi connectivity index (χ3v) is 4.47. The Morgan fingerprint density at radius 1 is 1.26 bits per heavy atom. The van der Waals surface area contributed by atoms with Crippen molar-refractivity contribution in [3.8, 4) is 0 Å². The lowest BCUT2D eigenvalue weighted by Gasteiger charge is -2.32. The molecule has 108 valence electrons. The van der Waals surface area contributed by atoms with E-state index in [1.807, 2.05) is 18.0 Å². The smallest absolute Gasteiger partial charge is 0.237 e. The van der Waals surface area contributed by atoms with Gasteiger partial charge in [0.15, 0.2) is 0 Å². The number of carbonyl (C=O) groups excluding carboxylic acids is 1. The van der Waals surface area contributed by atoms with Crippen molar-refractivity contribution in [2.24, 2.45) is 0 Å². The molecule has 1 rings (SSSR count). The molecule has 0 aromatic carbocycles. The van der Waals surface area contributed by atoms with Crippen molar-refractivity contribution in [1.82, 2.24) is 9.80 Å². The molecule has 5 heteroatoms. The van der Waals surface area contributed by atoms with Gasteiger partial charge in [0.1, 0.15) is 0 Å². The lowest BCUT2D eigenvalue weighted by molar-refractivity contribution is -0.135. The summed E-state index contributed by atoms with van der Waals surface area (Å²) in [7, 11) is 1.99. The highest BCUT2D eigenvalue weighted by molar-refractivity contribution is 9.11. The molecule has 0 bridgehead atoms. The molecule has 1 aromatic rings. The summed E-state index contributed by atoms with van der Waals surface area (Å²) in [5.41, 5.74) is 0. The number of hydrogen-bond acceptors (Lipinski definition) is 3. The summed E-state index contributed by atoms with van der Waals surface area (Å²) in [5.74, 6) is 0.197. The molecule has 0 radical (unpaired) electrons. The van der Waals surface area contributed by atoms with E-state index >= 15 is 0 Å². The molecule has 0 atom stereocenters. The number of hydrogen-bond donors (Lipinski definition) is 0. The van der Waals surface area contributed by atoms with Crippen LogP contribution in [0.1, 0.15) is 32.6 Å². The van der Waals surface area contributed by atoms with Crippen LogP contribution in [0.4, 0.5) is 0 Å². The van der Waals surface area contributed by atoms with Gasteiger partial charge < -0.3 is 4.90 Å². The molecule has 0 aliphatic carbocycles. The average Bonchev–Trinajstić information content (AvgIpc) is 2.61. The van der Waals surface area contributed by atoms with Crippen molar-refractivity contribution >= 4 is 33.2 Å². The third-order valence-electron chi connectivity index (χ3n) is 2.86. The summed E-state index contributed by atoms with van der Waals surface area (Å²) in [6, 6.07) is 4.64. The van der Waals surface area contributed by atoms with Crippen molar-refractivity contribution in [3.63, 3.8) is 0 Å². The zero-order valence-corrected chi connectivity index (χ0v) is 14.7. The standard InChI is InChI=1S/C14H23BrN2OS/c1-10(2)17(11(3)4)14(18)9-16(5)8-12-6-7-13(15)19-12/h6-7,10-11H,8-9H2,1-5H3. The van der Waals surface area contributed by atoms with Gasteiger partial charge in [-0.15, -0.1) is 11.3 Å². The van der Waals surface area contributed by atoms with Gasteiger partial charge in [-0.3, -0.25) is 9.69 Å². The number of likely N-dealkylation sites (N-methyl/N-ethyl adjacent to an activating group) is 1. The molecule has 0 fully saturated rings. The maximum atomic E-state index is 12.3. The van der Waals surface area contributed by atoms with Crippen LogP contribution in [0.5, 0.6) is 0 Å². The largest absolute Gasteiger partial charge is 0.337 e. The van der Waals surface area contributed by atoms with E-state index in [4.69, 9.17) is 0 Å². The Morgan fingerprint density at radius 3 is 2.26 bits per heavy atom. The second-order valence-corrected chi connectivity index (χ2v) is 7.91. The predicted molar refractivity (Wildman–Crippen MR) is 85.5 cm³/mol. The van der Waals surface area contributed by atoms with Gasteiger partial charge >= 0.3 is 0 Å². The zero-order chi connectivity index (χ0) is 14.6. The van der Waals surface area contributed by atoms with Gasteiger partial charge in [0.05, 0.1) is 10.3 Å². The third kappa shape index (κ3) is 5.24. The number of halogens is 1. The maximum Gasteiger partial charge on any atom is 0.237 e. The molecular weight excluding hydrogens is 324 g/mol. The molecule has 0 spiro atoms. The molecule has 1 amide bonds. The monoisotopic (exact) mass is 346 g/mol. The Balaban J connectivity index is 2.55. The molecule has 0 saturated heterocycles. The van der Waals surface area contributed by atoms with Gasteiger partial charge in [-0.2, -0.15) is 0 Å². The van der Waals surface area contributed by atoms with Gasteiger partial charge in [0, 0.05) is 23.5 Å². The van der Waals surface area contributed by atoms with E-state index in [9.17, 15) is 4.79 Å². The number of nitrogens with zero attached hydrogens (tertiary/aromatic N) is 2. The highest BCUT2D eigenvalue weighted by Gasteiger charge is 2.21. The summed E-state index contributed by atoms with van der Waals surface area (Å²) in [5, 5.41) is 0. The Bertz CT molecular complexity index is 409. The summed E-state index contributed by atoms with van der Waals surface area (Å²) >= 11 is 5.17. The fourth-order valence-corrected chi connectivity index (χ4v) is 3.81. The van der Waals surface area contributed by atoms with Crippen LogP contribution >= 0.6 is 27.3 Å². The van der Waals surface area contributed by atoms with Gasteiger partial charge in [0.25, 0.3) is 0 Å². The van der Waals surface area contributed by atoms with Crippen LogP contribution in [-0.4, -0.2) is 41.4 Å². The van der Waals surface area contributed by atoms with Crippen LogP contribution in [-0.2, 0) is 11.3 Å². The topological polar surface area (TPSA) is 23.6 Å². The first-order valence-corrected chi connectivity index (χ1v) is 8.16. The molecular formula is C14H23BrN2OS.